The largest absolute Gasteiger partial charge is 0.492 e. The number of ether oxygens (including phenoxy) is 1. The van der Waals surface area contributed by atoms with E-state index in [1.165, 1.54) is 12.1 Å². The van der Waals surface area contributed by atoms with E-state index in [4.69, 9.17) is 4.74 Å². The maximum Gasteiger partial charge on any atom is 0.234 e. The summed E-state index contributed by atoms with van der Waals surface area (Å²) in [4.78, 5) is 16.4. The molecule has 2 aromatic rings. The minimum Gasteiger partial charge on any atom is -0.492 e. The third-order valence-electron chi connectivity index (χ3n) is 4.61. The maximum absolute atomic E-state index is 13.0. The lowest BCUT2D eigenvalue weighted by Crippen LogP contribution is -2.49. The summed E-state index contributed by atoms with van der Waals surface area (Å²) in [6.07, 6.45) is 0. The van der Waals surface area contributed by atoms with Gasteiger partial charge in [-0.25, -0.2) is 4.39 Å². The standard InChI is InChI=1S/C21H26FN3O2/c1-17-3-2-4-20(15-17)27-14-9-23-21(26)16-24-10-12-25(13-11-24)19-7-5-18(22)6-8-19/h2-8,15H,9-14,16H2,1H3,(H,23,26). The van der Waals surface area contributed by atoms with Crippen LogP contribution in [0.15, 0.2) is 48.5 Å². The number of carbonyl (C=O) groups is 1. The van der Waals surface area contributed by atoms with Gasteiger partial charge in [0.1, 0.15) is 18.2 Å². The molecule has 1 heterocycles. The van der Waals surface area contributed by atoms with Crippen LogP contribution in [0.2, 0.25) is 0 Å². The number of rotatable bonds is 7. The van der Waals surface area contributed by atoms with Crippen molar-refractivity contribution in [2.45, 2.75) is 6.92 Å². The van der Waals surface area contributed by atoms with Crippen molar-refractivity contribution in [1.82, 2.24) is 10.2 Å². The minimum absolute atomic E-state index is 0.0121. The van der Waals surface area contributed by atoms with Crippen LogP contribution in [-0.2, 0) is 4.79 Å². The van der Waals surface area contributed by atoms with Gasteiger partial charge in [-0.15, -0.1) is 0 Å². The fraction of sp³-hybridized carbons (Fsp3) is 0.381. The summed E-state index contributed by atoms with van der Waals surface area (Å²) in [7, 11) is 0. The summed E-state index contributed by atoms with van der Waals surface area (Å²) in [5, 5.41) is 2.90. The van der Waals surface area contributed by atoms with Gasteiger partial charge in [0, 0.05) is 31.9 Å². The van der Waals surface area contributed by atoms with Gasteiger partial charge in [-0.05, 0) is 48.9 Å². The Kier molecular flexibility index (Phi) is 6.65. The van der Waals surface area contributed by atoms with Gasteiger partial charge in [0.25, 0.3) is 0 Å². The molecule has 3 rings (SSSR count). The molecule has 0 unspecified atom stereocenters. The Bertz CT molecular complexity index is 743. The van der Waals surface area contributed by atoms with Crippen molar-refractivity contribution in [2.75, 3.05) is 50.8 Å². The number of nitrogens with one attached hydrogen (secondary N) is 1. The average Bonchev–Trinajstić information content (AvgIpc) is 2.67. The maximum atomic E-state index is 13.0. The molecule has 1 fully saturated rings. The smallest absolute Gasteiger partial charge is 0.234 e. The van der Waals surface area contributed by atoms with Crippen molar-refractivity contribution in [3.05, 3.63) is 59.9 Å². The number of carbonyl (C=O) groups excluding carboxylic acids is 1. The number of benzene rings is 2. The zero-order valence-electron chi connectivity index (χ0n) is 15.7. The van der Waals surface area contributed by atoms with E-state index in [0.717, 1.165) is 43.2 Å². The number of hydrogen-bond acceptors (Lipinski definition) is 4. The molecule has 0 atom stereocenters. The topological polar surface area (TPSA) is 44.8 Å². The minimum atomic E-state index is -0.222. The summed E-state index contributed by atoms with van der Waals surface area (Å²) >= 11 is 0. The molecule has 144 valence electrons. The SMILES string of the molecule is Cc1cccc(OCCNC(=O)CN2CCN(c3ccc(F)cc3)CC2)c1. The first-order chi connectivity index (χ1) is 13.1. The Balaban J connectivity index is 1.33. The van der Waals surface area contributed by atoms with Crippen LogP contribution in [0.5, 0.6) is 5.75 Å². The lowest BCUT2D eigenvalue weighted by molar-refractivity contribution is -0.122. The molecule has 0 bridgehead atoms. The Morgan fingerprint density at radius 3 is 2.56 bits per heavy atom. The average molecular weight is 371 g/mol. The summed E-state index contributed by atoms with van der Waals surface area (Å²) in [6.45, 7) is 6.63. The number of nitrogens with zero attached hydrogens (tertiary/aromatic N) is 2. The van der Waals surface area contributed by atoms with Crippen LogP contribution in [0.3, 0.4) is 0 Å². The Hall–Kier alpha value is -2.60. The highest BCUT2D eigenvalue weighted by Crippen LogP contribution is 2.16. The highest BCUT2D eigenvalue weighted by Gasteiger charge is 2.19. The highest BCUT2D eigenvalue weighted by molar-refractivity contribution is 5.78. The molecule has 1 amide bonds. The van der Waals surface area contributed by atoms with Crippen molar-refractivity contribution >= 4 is 11.6 Å². The molecule has 1 N–H and O–H groups in total. The second-order valence-corrected chi connectivity index (χ2v) is 6.75. The van der Waals surface area contributed by atoms with E-state index in [9.17, 15) is 9.18 Å². The lowest BCUT2D eigenvalue weighted by Gasteiger charge is -2.35. The lowest BCUT2D eigenvalue weighted by atomic mass is 10.2. The third kappa shape index (κ3) is 5.96. The van der Waals surface area contributed by atoms with Crippen LogP contribution < -0.4 is 15.0 Å². The quantitative estimate of drug-likeness (QED) is 0.760. The fourth-order valence-corrected chi connectivity index (χ4v) is 3.14. The molecule has 27 heavy (non-hydrogen) atoms. The normalized spacial score (nSPS) is 14.8. The number of amides is 1. The van der Waals surface area contributed by atoms with E-state index in [1.807, 2.05) is 31.2 Å². The number of piperazine rings is 1. The molecular weight excluding hydrogens is 345 g/mol. The fourth-order valence-electron chi connectivity index (χ4n) is 3.14. The van der Waals surface area contributed by atoms with Crippen molar-refractivity contribution in [2.24, 2.45) is 0 Å². The van der Waals surface area contributed by atoms with E-state index >= 15 is 0 Å². The molecule has 0 saturated carbocycles. The second-order valence-electron chi connectivity index (χ2n) is 6.75. The number of halogens is 1. The van der Waals surface area contributed by atoms with E-state index in [1.54, 1.807) is 12.1 Å². The Morgan fingerprint density at radius 1 is 1.11 bits per heavy atom. The van der Waals surface area contributed by atoms with Crippen molar-refractivity contribution in [3.8, 4) is 5.75 Å². The van der Waals surface area contributed by atoms with E-state index in [-0.39, 0.29) is 11.7 Å². The molecule has 0 spiro atoms. The monoisotopic (exact) mass is 371 g/mol. The Labute approximate surface area is 159 Å². The van der Waals surface area contributed by atoms with Gasteiger partial charge >= 0.3 is 0 Å². The van der Waals surface area contributed by atoms with Gasteiger partial charge in [0.2, 0.25) is 5.91 Å². The molecule has 6 heteroatoms. The van der Waals surface area contributed by atoms with E-state index in [0.29, 0.717) is 19.7 Å². The number of anilines is 1. The van der Waals surface area contributed by atoms with E-state index < -0.39 is 0 Å². The molecule has 0 aliphatic carbocycles. The number of aryl methyl sites for hydroxylation is 1. The Morgan fingerprint density at radius 2 is 1.85 bits per heavy atom. The molecule has 2 aromatic carbocycles. The van der Waals surface area contributed by atoms with Gasteiger partial charge in [-0.1, -0.05) is 12.1 Å². The zero-order chi connectivity index (χ0) is 19.1. The van der Waals surface area contributed by atoms with Gasteiger partial charge in [-0.3, -0.25) is 9.69 Å². The zero-order valence-corrected chi connectivity index (χ0v) is 15.7. The first-order valence-electron chi connectivity index (χ1n) is 9.29. The second kappa shape index (κ2) is 9.37. The molecular formula is C21H26FN3O2. The van der Waals surface area contributed by atoms with Crippen molar-refractivity contribution in [1.29, 1.82) is 0 Å². The first-order valence-corrected chi connectivity index (χ1v) is 9.29. The first kappa shape index (κ1) is 19.2. The van der Waals surface area contributed by atoms with Crippen LogP contribution in [0.1, 0.15) is 5.56 Å². The van der Waals surface area contributed by atoms with Crippen LogP contribution >= 0.6 is 0 Å². The van der Waals surface area contributed by atoms with Gasteiger partial charge < -0.3 is 15.0 Å². The predicted octanol–water partition coefficient (Wildman–Crippen LogP) is 2.45. The summed E-state index contributed by atoms with van der Waals surface area (Å²) in [5.74, 6) is 0.611. The summed E-state index contributed by atoms with van der Waals surface area (Å²) < 4.78 is 18.7. The van der Waals surface area contributed by atoms with Crippen LogP contribution in [-0.4, -0.2) is 56.7 Å². The molecule has 1 aliphatic heterocycles. The van der Waals surface area contributed by atoms with E-state index in [2.05, 4.69) is 15.1 Å². The van der Waals surface area contributed by atoms with Gasteiger partial charge in [-0.2, -0.15) is 0 Å². The van der Waals surface area contributed by atoms with Gasteiger partial charge in [0.15, 0.2) is 0 Å². The molecule has 1 aliphatic rings. The van der Waals surface area contributed by atoms with Gasteiger partial charge in [0.05, 0.1) is 13.1 Å². The molecule has 0 aromatic heterocycles. The highest BCUT2D eigenvalue weighted by atomic mass is 19.1. The number of hydrogen-bond donors (Lipinski definition) is 1. The van der Waals surface area contributed by atoms with Crippen LogP contribution in [0.4, 0.5) is 10.1 Å². The predicted molar refractivity (Wildman–Crippen MR) is 105 cm³/mol. The van der Waals surface area contributed by atoms with Crippen LogP contribution in [0, 0.1) is 12.7 Å². The third-order valence-corrected chi connectivity index (χ3v) is 4.61. The van der Waals surface area contributed by atoms with Crippen LogP contribution in [0.25, 0.3) is 0 Å². The summed E-state index contributed by atoms with van der Waals surface area (Å²) in [6, 6.07) is 14.4. The molecule has 5 nitrogen and oxygen atoms in total. The van der Waals surface area contributed by atoms with Crippen molar-refractivity contribution < 1.29 is 13.9 Å². The van der Waals surface area contributed by atoms with Crippen molar-refractivity contribution in [3.63, 3.8) is 0 Å². The summed E-state index contributed by atoms with van der Waals surface area (Å²) in [5.41, 5.74) is 2.17. The molecule has 1 saturated heterocycles. The molecule has 0 radical (unpaired) electrons.